The Balaban J connectivity index is 1.94. The van der Waals surface area contributed by atoms with E-state index < -0.39 is 0 Å². The highest BCUT2D eigenvalue weighted by molar-refractivity contribution is 5.69. The minimum Gasteiger partial charge on any atom is -0.443 e. The van der Waals surface area contributed by atoms with Crippen molar-refractivity contribution in [1.29, 1.82) is 0 Å². The van der Waals surface area contributed by atoms with Crippen LogP contribution in [0.2, 0.25) is 0 Å². The Hall–Kier alpha value is -0.810. The molecular weight excluding hydrogens is 198 g/mol. The Bertz CT molecular complexity index is 238. The summed E-state index contributed by atoms with van der Waals surface area (Å²) >= 11 is 0. The number of ether oxygens (including phenoxy) is 2. The van der Waals surface area contributed by atoms with Crippen LogP contribution < -0.4 is 0 Å². The lowest BCUT2D eigenvalue weighted by molar-refractivity contribution is -0.106. The number of hydrogen-bond acceptors (Lipinski definition) is 4. The number of carbonyl (C=O) groups is 1. The molecule has 0 unspecified atom stereocenters. The zero-order valence-corrected chi connectivity index (χ0v) is 8.78. The van der Waals surface area contributed by atoms with Gasteiger partial charge in [0.1, 0.15) is 5.60 Å². The molecule has 5 nitrogen and oxygen atoms in total. The van der Waals surface area contributed by atoms with Crippen molar-refractivity contribution in [2.24, 2.45) is 0 Å². The molecular formula is C10H17NO4. The highest BCUT2D eigenvalue weighted by Gasteiger charge is 2.41. The second-order valence-corrected chi connectivity index (χ2v) is 4.12. The third-order valence-corrected chi connectivity index (χ3v) is 3.17. The summed E-state index contributed by atoms with van der Waals surface area (Å²) in [6, 6.07) is 0. The van der Waals surface area contributed by atoms with Gasteiger partial charge in [-0.2, -0.15) is 0 Å². The Labute approximate surface area is 89.0 Å². The molecule has 0 aliphatic carbocycles. The highest BCUT2D eigenvalue weighted by atomic mass is 16.6. The molecule has 0 atom stereocenters. The second-order valence-electron chi connectivity index (χ2n) is 4.12. The summed E-state index contributed by atoms with van der Waals surface area (Å²) in [7, 11) is 0. The molecule has 0 aromatic rings. The van der Waals surface area contributed by atoms with Gasteiger partial charge in [-0.15, -0.1) is 0 Å². The number of carbonyl (C=O) groups excluding carboxylic acids is 1. The fourth-order valence-corrected chi connectivity index (χ4v) is 2.15. The molecule has 5 heteroatoms. The summed E-state index contributed by atoms with van der Waals surface area (Å²) in [4.78, 5) is 13.2. The summed E-state index contributed by atoms with van der Waals surface area (Å²) in [5, 5.41) is 8.77. The predicted octanol–water partition coefficient (Wildman–Crippen LogP) is 0.370. The Kier molecular flexibility index (Phi) is 3.11. The second kappa shape index (κ2) is 4.37. The molecule has 0 bridgehead atoms. The van der Waals surface area contributed by atoms with Crippen molar-refractivity contribution >= 4 is 6.09 Å². The van der Waals surface area contributed by atoms with Crippen LogP contribution in [0.3, 0.4) is 0 Å². The first-order chi connectivity index (χ1) is 7.26. The fourth-order valence-electron chi connectivity index (χ4n) is 2.15. The standard InChI is InChI=1S/C10H17NO4/c12-6-5-11-4-1-10(15-9(11)13)2-7-14-8-3-10/h12H,1-8H2. The number of nitrogens with zero attached hydrogens (tertiary/aromatic N) is 1. The zero-order valence-electron chi connectivity index (χ0n) is 8.78. The molecule has 2 rings (SSSR count). The molecule has 86 valence electrons. The van der Waals surface area contributed by atoms with E-state index in [1.807, 2.05) is 0 Å². The largest absolute Gasteiger partial charge is 0.443 e. The van der Waals surface area contributed by atoms with Gasteiger partial charge in [-0.3, -0.25) is 0 Å². The molecule has 2 aliphatic rings. The SMILES string of the molecule is O=C1OC2(CCOCC2)CCN1CCO. The average Bonchev–Trinajstić information content (AvgIpc) is 2.24. The van der Waals surface area contributed by atoms with Gasteiger partial charge in [0.15, 0.2) is 0 Å². The number of aliphatic hydroxyl groups is 1. The number of amides is 1. The van der Waals surface area contributed by atoms with Crippen LogP contribution in [0.25, 0.3) is 0 Å². The fraction of sp³-hybridized carbons (Fsp3) is 0.900. The molecule has 2 saturated heterocycles. The highest BCUT2D eigenvalue weighted by Crippen LogP contribution is 2.32. The van der Waals surface area contributed by atoms with Gasteiger partial charge in [0, 0.05) is 32.4 Å². The monoisotopic (exact) mass is 215 g/mol. The summed E-state index contributed by atoms with van der Waals surface area (Å²) in [6.07, 6.45) is 2.15. The molecule has 0 radical (unpaired) electrons. The van der Waals surface area contributed by atoms with Gasteiger partial charge in [-0.05, 0) is 0 Å². The topological polar surface area (TPSA) is 59.0 Å². The van der Waals surface area contributed by atoms with E-state index in [4.69, 9.17) is 14.6 Å². The van der Waals surface area contributed by atoms with Gasteiger partial charge < -0.3 is 19.5 Å². The Morgan fingerprint density at radius 3 is 2.67 bits per heavy atom. The quantitative estimate of drug-likeness (QED) is 0.723. The van der Waals surface area contributed by atoms with Crippen LogP contribution in [0.4, 0.5) is 4.79 Å². The van der Waals surface area contributed by atoms with Crippen LogP contribution in [0, 0.1) is 0 Å². The smallest absolute Gasteiger partial charge is 0.410 e. The molecule has 2 fully saturated rings. The number of hydrogen-bond donors (Lipinski definition) is 1. The van der Waals surface area contributed by atoms with E-state index in [0.29, 0.717) is 26.3 Å². The van der Waals surface area contributed by atoms with Crippen molar-refractivity contribution in [3.8, 4) is 0 Å². The maximum absolute atomic E-state index is 11.6. The lowest BCUT2D eigenvalue weighted by atomic mass is 9.89. The summed E-state index contributed by atoms with van der Waals surface area (Å²) < 4.78 is 10.7. The first kappa shape index (κ1) is 10.7. The van der Waals surface area contributed by atoms with E-state index >= 15 is 0 Å². The Morgan fingerprint density at radius 2 is 2.07 bits per heavy atom. The van der Waals surface area contributed by atoms with Crippen molar-refractivity contribution in [3.05, 3.63) is 0 Å². The minimum absolute atomic E-state index is 0.00872. The van der Waals surface area contributed by atoms with E-state index in [2.05, 4.69) is 0 Å². The minimum atomic E-state index is -0.294. The molecule has 0 saturated carbocycles. The van der Waals surface area contributed by atoms with Crippen molar-refractivity contribution in [1.82, 2.24) is 4.90 Å². The molecule has 2 heterocycles. The predicted molar refractivity (Wildman–Crippen MR) is 52.5 cm³/mol. The molecule has 15 heavy (non-hydrogen) atoms. The van der Waals surface area contributed by atoms with Gasteiger partial charge in [0.2, 0.25) is 0 Å². The van der Waals surface area contributed by atoms with Crippen molar-refractivity contribution < 1.29 is 19.4 Å². The van der Waals surface area contributed by atoms with Crippen molar-refractivity contribution in [2.45, 2.75) is 24.9 Å². The van der Waals surface area contributed by atoms with Gasteiger partial charge in [0.05, 0.1) is 19.8 Å². The average molecular weight is 215 g/mol. The van der Waals surface area contributed by atoms with Gasteiger partial charge in [0.25, 0.3) is 0 Å². The van der Waals surface area contributed by atoms with E-state index in [1.54, 1.807) is 4.90 Å². The lowest BCUT2D eigenvalue weighted by Crippen LogP contribution is -2.52. The summed E-state index contributed by atoms with van der Waals surface area (Å²) in [5.41, 5.74) is -0.290. The summed E-state index contributed by atoms with van der Waals surface area (Å²) in [6.45, 7) is 2.39. The van der Waals surface area contributed by atoms with E-state index in [-0.39, 0.29) is 18.3 Å². The van der Waals surface area contributed by atoms with Crippen LogP contribution in [0.15, 0.2) is 0 Å². The van der Waals surface area contributed by atoms with Gasteiger partial charge >= 0.3 is 6.09 Å². The normalized spacial score (nSPS) is 25.4. The van der Waals surface area contributed by atoms with Gasteiger partial charge in [-0.25, -0.2) is 4.79 Å². The van der Waals surface area contributed by atoms with Gasteiger partial charge in [-0.1, -0.05) is 0 Å². The third kappa shape index (κ3) is 2.23. The first-order valence-corrected chi connectivity index (χ1v) is 5.42. The molecule has 0 aromatic heterocycles. The maximum atomic E-state index is 11.6. The van der Waals surface area contributed by atoms with Crippen LogP contribution >= 0.6 is 0 Å². The number of rotatable bonds is 2. The van der Waals surface area contributed by atoms with Crippen molar-refractivity contribution in [3.63, 3.8) is 0 Å². The molecule has 1 spiro atoms. The lowest BCUT2D eigenvalue weighted by Gasteiger charge is -2.43. The van der Waals surface area contributed by atoms with E-state index in [0.717, 1.165) is 19.3 Å². The van der Waals surface area contributed by atoms with Crippen LogP contribution in [0.1, 0.15) is 19.3 Å². The molecule has 1 N–H and O–H groups in total. The van der Waals surface area contributed by atoms with Crippen LogP contribution in [0.5, 0.6) is 0 Å². The van der Waals surface area contributed by atoms with Crippen LogP contribution in [-0.4, -0.2) is 54.6 Å². The molecule has 0 aromatic carbocycles. The van der Waals surface area contributed by atoms with E-state index in [1.165, 1.54) is 0 Å². The van der Waals surface area contributed by atoms with Crippen LogP contribution in [-0.2, 0) is 9.47 Å². The van der Waals surface area contributed by atoms with E-state index in [9.17, 15) is 4.79 Å². The summed E-state index contributed by atoms with van der Waals surface area (Å²) in [5.74, 6) is 0. The molecule has 1 amide bonds. The molecule has 2 aliphatic heterocycles. The third-order valence-electron chi connectivity index (χ3n) is 3.17. The zero-order chi connectivity index (χ0) is 10.7. The Morgan fingerprint density at radius 1 is 1.33 bits per heavy atom. The number of β-amino-alcohol motifs (C(OH)–C–C–N with tert-alkyl or cyclic N) is 1. The van der Waals surface area contributed by atoms with Crippen molar-refractivity contribution in [2.75, 3.05) is 32.9 Å². The maximum Gasteiger partial charge on any atom is 0.410 e. The first-order valence-electron chi connectivity index (χ1n) is 5.42. The number of aliphatic hydroxyl groups excluding tert-OH is 1.